The van der Waals surface area contributed by atoms with E-state index in [2.05, 4.69) is 117 Å². The van der Waals surface area contributed by atoms with E-state index in [4.69, 9.17) is 18.9 Å². The van der Waals surface area contributed by atoms with Gasteiger partial charge in [0.1, 0.15) is 23.0 Å². The van der Waals surface area contributed by atoms with Crippen molar-refractivity contribution in [3.63, 3.8) is 0 Å². The number of sulfonamides is 2. The molecule has 0 spiro atoms. The van der Waals surface area contributed by atoms with Gasteiger partial charge in [0.05, 0.1) is 32.9 Å². The molecule has 7 rings (SSSR count). The SMILES string of the molecule is CCCOc1c2cc(C(C)(C)C)cc1Cc1cc(C(C)(C)C)cc(c1OCC(=O)NS(=O)(=O)c1ccc([N+](=O)[O-])cc1)Cc1cc(C(C)(C)C)cc(c1OCC(=O)NS(=O)(=O)c1ccc([N+](=O)[O-])cc1)Cc1cc(C(C)(C)C)cc(c1OCCC)C2. The fourth-order valence-electron chi connectivity index (χ4n) is 10.0. The van der Waals surface area contributed by atoms with Crippen LogP contribution in [0.3, 0.4) is 0 Å². The number of hydrogen-bond acceptors (Lipinski definition) is 14. The molecule has 0 fully saturated rings. The Balaban J connectivity index is 1.53. The smallest absolute Gasteiger partial charge is 0.271 e. The van der Waals surface area contributed by atoms with E-state index in [9.17, 15) is 46.7 Å². The largest absolute Gasteiger partial charge is 0.493 e. The number of nitro benzene ring substituents is 2. The maximum atomic E-state index is 14.0. The number of nitrogens with one attached hydrogen (secondary N) is 2. The second-order valence-corrected chi connectivity index (χ2v) is 29.4. The van der Waals surface area contributed by atoms with Gasteiger partial charge in [-0.1, -0.05) is 145 Å². The quantitative estimate of drug-likeness (QED) is 0.0599. The van der Waals surface area contributed by atoms with Gasteiger partial charge in [-0.3, -0.25) is 29.8 Å². The van der Waals surface area contributed by atoms with E-state index >= 15 is 0 Å². The van der Waals surface area contributed by atoms with E-state index in [0.717, 1.165) is 93.0 Å². The fraction of sp³-hybridized carbons (Fsp3) is 0.424. The normalized spacial score (nSPS) is 13.1. The molecule has 20 heteroatoms. The number of rotatable bonds is 18. The summed E-state index contributed by atoms with van der Waals surface area (Å²) in [6, 6.07) is 25.0. The number of ether oxygens (including phenoxy) is 4. The van der Waals surface area contributed by atoms with Crippen LogP contribution in [0.4, 0.5) is 11.4 Å². The first-order valence-electron chi connectivity index (χ1n) is 28.8. The standard InChI is InChI=1S/C66H80N4O14S2/c1-15-25-81-59-41-27-42-32-50(64(6,7)8)34-44(60(42)82-26-16-2)29-46-36-52(66(12,13)14)38-48(62(46)84-40-58(72)68-86(79,80)56-23-19-54(20-24-56)70(75)76)30-47-37-51(65(9,10)11)35-45(28-43(59)33-49(31-41)63(3,4)5)61(47)83-39-57(71)67-85(77,78)55-21-17-53(18-22-55)69(73)74/h17-24,31-38H,15-16,25-30,39-40H2,1-14H3,(H,67,71)(H,68,72). The number of fused-ring (bicyclic) bond motifs is 8. The lowest BCUT2D eigenvalue weighted by atomic mass is 9.79. The Hall–Kier alpha value is -7.84. The van der Waals surface area contributed by atoms with Crippen LogP contribution in [0.1, 0.15) is 177 Å². The van der Waals surface area contributed by atoms with Crippen molar-refractivity contribution in [2.75, 3.05) is 26.4 Å². The average molecular weight is 1220 g/mol. The molecule has 1 aliphatic rings. The zero-order chi connectivity index (χ0) is 63.5. The summed E-state index contributed by atoms with van der Waals surface area (Å²) in [5.41, 5.74) is 7.36. The summed E-state index contributed by atoms with van der Waals surface area (Å²) in [6.45, 7) is 28.6. The van der Waals surface area contributed by atoms with Crippen LogP contribution in [0, 0.1) is 20.2 Å². The molecule has 2 amide bonds. The molecule has 8 bridgehead atoms. The van der Waals surface area contributed by atoms with Crippen LogP contribution in [0.15, 0.2) is 107 Å². The molecule has 460 valence electrons. The summed E-state index contributed by atoms with van der Waals surface area (Å²) in [5, 5.41) is 22.8. The molecule has 0 heterocycles. The Morgan fingerprint density at radius 3 is 0.837 bits per heavy atom. The fourth-order valence-corrected chi connectivity index (χ4v) is 12.0. The van der Waals surface area contributed by atoms with Crippen LogP contribution in [0.25, 0.3) is 0 Å². The summed E-state index contributed by atoms with van der Waals surface area (Å²) in [7, 11) is -9.09. The minimum Gasteiger partial charge on any atom is -0.493 e. The van der Waals surface area contributed by atoms with Gasteiger partial charge in [0, 0.05) is 49.9 Å². The molecule has 0 radical (unpaired) electrons. The molecule has 0 atom stereocenters. The molecule has 18 nitrogen and oxygen atoms in total. The second kappa shape index (κ2) is 25.6. The van der Waals surface area contributed by atoms with E-state index in [0.29, 0.717) is 66.2 Å². The van der Waals surface area contributed by atoms with Crippen LogP contribution >= 0.6 is 0 Å². The molecule has 2 N–H and O–H groups in total. The topological polar surface area (TPSA) is 250 Å². The number of nitro groups is 2. The average Bonchev–Trinajstić information content (AvgIpc) is 0.902. The second-order valence-electron chi connectivity index (χ2n) is 26.0. The highest BCUT2D eigenvalue weighted by molar-refractivity contribution is 7.90. The zero-order valence-electron chi connectivity index (χ0n) is 51.7. The van der Waals surface area contributed by atoms with E-state index < -0.39 is 65.8 Å². The van der Waals surface area contributed by atoms with E-state index in [1.807, 2.05) is 38.1 Å². The summed E-state index contributed by atoms with van der Waals surface area (Å²) < 4.78 is 86.0. The number of nitrogens with zero attached hydrogens (tertiary/aromatic N) is 2. The van der Waals surface area contributed by atoms with E-state index in [-0.39, 0.29) is 62.8 Å². The van der Waals surface area contributed by atoms with Gasteiger partial charge in [0.2, 0.25) is 0 Å². The van der Waals surface area contributed by atoms with Gasteiger partial charge in [0.15, 0.2) is 13.2 Å². The van der Waals surface area contributed by atoms with Gasteiger partial charge in [-0.15, -0.1) is 0 Å². The van der Waals surface area contributed by atoms with Gasteiger partial charge < -0.3 is 18.9 Å². The highest BCUT2D eigenvalue weighted by Gasteiger charge is 2.31. The van der Waals surface area contributed by atoms with Gasteiger partial charge in [0.25, 0.3) is 43.2 Å². The summed E-state index contributed by atoms with van der Waals surface area (Å²) >= 11 is 0. The molecule has 6 aromatic carbocycles. The zero-order valence-corrected chi connectivity index (χ0v) is 53.4. The molecule has 86 heavy (non-hydrogen) atoms. The molecular weight excluding hydrogens is 1140 g/mol. The predicted octanol–water partition coefficient (Wildman–Crippen LogP) is 12.7. The number of carbonyl (C=O) groups is 2. The van der Waals surface area contributed by atoms with Crippen molar-refractivity contribution >= 4 is 43.2 Å². The predicted molar refractivity (Wildman–Crippen MR) is 331 cm³/mol. The van der Waals surface area contributed by atoms with Crippen molar-refractivity contribution in [2.24, 2.45) is 0 Å². The number of carbonyl (C=O) groups excluding carboxylic acids is 2. The number of non-ortho nitro benzene ring substituents is 2. The molecule has 0 saturated carbocycles. The Labute approximate surface area is 505 Å². The molecule has 6 aromatic rings. The lowest BCUT2D eigenvalue weighted by molar-refractivity contribution is -0.385. The molecular formula is C66H80N4O14S2. The third-order valence-electron chi connectivity index (χ3n) is 14.8. The molecule has 0 aromatic heterocycles. The Morgan fingerprint density at radius 2 is 0.640 bits per heavy atom. The third-order valence-corrected chi connectivity index (χ3v) is 17.5. The maximum Gasteiger partial charge on any atom is 0.271 e. The highest BCUT2D eigenvalue weighted by atomic mass is 32.2. The van der Waals surface area contributed by atoms with Crippen molar-refractivity contribution in [1.82, 2.24) is 9.44 Å². The van der Waals surface area contributed by atoms with Crippen molar-refractivity contribution in [3.8, 4) is 23.0 Å². The lowest BCUT2D eigenvalue weighted by Crippen LogP contribution is -2.34. The van der Waals surface area contributed by atoms with E-state index in [1.165, 1.54) is 0 Å². The van der Waals surface area contributed by atoms with Crippen LogP contribution < -0.4 is 28.4 Å². The number of benzene rings is 6. The summed E-state index contributed by atoms with van der Waals surface area (Å²) in [5.74, 6) is -0.179. The third kappa shape index (κ3) is 16.0. The minimum atomic E-state index is -4.54. The van der Waals surface area contributed by atoms with Crippen molar-refractivity contribution in [2.45, 2.75) is 167 Å². The highest BCUT2D eigenvalue weighted by Crippen LogP contribution is 2.45. The van der Waals surface area contributed by atoms with E-state index in [1.54, 1.807) is 0 Å². The number of amides is 2. The monoisotopic (exact) mass is 1220 g/mol. The maximum absolute atomic E-state index is 14.0. The van der Waals surface area contributed by atoms with Crippen LogP contribution in [-0.4, -0.2) is 64.9 Å². The molecule has 0 unspecified atom stereocenters. The Bertz CT molecular complexity index is 3550. The van der Waals surface area contributed by atoms with Crippen molar-refractivity contribution in [1.29, 1.82) is 0 Å². The Kier molecular flexibility index (Phi) is 19.6. The van der Waals surface area contributed by atoms with Crippen molar-refractivity contribution < 1.29 is 55.2 Å². The first-order valence-corrected chi connectivity index (χ1v) is 31.7. The van der Waals surface area contributed by atoms with Crippen LogP contribution in [0.5, 0.6) is 23.0 Å². The van der Waals surface area contributed by atoms with Gasteiger partial charge >= 0.3 is 0 Å². The Morgan fingerprint density at radius 1 is 0.419 bits per heavy atom. The lowest BCUT2D eigenvalue weighted by Gasteiger charge is -2.29. The van der Waals surface area contributed by atoms with Crippen LogP contribution in [-0.2, 0) is 77.0 Å². The van der Waals surface area contributed by atoms with Gasteiger partial charge in [-0.05, 0) is 126 Å². The van der Waals surface area contributed by atoms with Gasteiger partial charge in [-0.2, -0.15) is 0 Å². The molecule has 0 saturated heterocycles. The van der Waals surface area contributed by atoms with Crippen LogP contribution in [0.2, 0.25) is 0 Å². The summed E-state index contributed by atoms with van der Waals surface area (Å²) in [6.07, 6.45) is 2.24. The van der Waals surface area contributed by atoms with Gasteiger partial charge in [-0.25, -0.2) is 26.3 Å². The van der Waals surface area contributed by atoms with Crippen molar-refractivity contribution in [3.05, 3.63) is 184 Å². The number of hydrogen-bond donors (Lipinski definition) is 2. The molecule has 1 aliphatic carbocycles. The summed E-state index contributed by atoms with van der Waals surface area (Å²) in [4.78, 5) is 48.8. The first kappa shape index (κ1) is 65.7. The minimum absolute atomic E-state index is 0.0306. The molecule has 0 aliphatic heterocycles. The first-order chi connectivity index (χ1) is 40.0.